The lowest BCUT2D eigenvalue weighted by Gasteiger charge is -2.09. The van der Waals surface area contributed by atoms with Crippen LogP contribution in [-0.2, 0) is 19.0 Å². The zero-order valence-electron chi connectivity index (χ0n) is 16.8. The molecule has 0 fully saturated rings. The molecule has 0 spiro atoms. The molecule has 0 bridgehead atoms. The SMILES string of the molecule is COCCOC(=O)c1c(NC(=O)COC(=O)c2cccc(C)c2)sc(C(N)=O)c1C. The lowest BCUT2D eigenvalue weighted by atomic mass is 10.1. The van der Waals surface area contributed by atoms with Gasteiger partial charge in [0.15, 0.2) is 6.61 Å². The fourth-order valence-electron chi connectivity index (χ4n) is 2.52. The van der Waals surface area contributed by atoms with Crippen LogP contribution in [0.5, 0.6) is 0 Å². The Labute approximate surface area is 177 Å². The molecule has 0 saturated carbocycles. The number of primary amides is 1. The second-order valence-corrected chi connectivity index (χ2v) is 7.27. The van der Waals surface area contributed by atoms with Gasteiger partial charge in [-0.2, -0.15) is 0 Å². The highest BCUT2D eigenvalue weighted by atomic mass is 32.1. The Morgan fingerprint density at radius 3 is 2.43 bits per heavy atom. The smallest absolute Gasteiger partial charge is 0.341 e. The summed E-state index contributed by atoms with van der Waals surface area (Å²) in [6.07, 6.45) is 0. The Morgan fingerprint density at radius 2 is 1.80 bits per heavy atom. The summed E-state index contributed by atoms with van der Waals surface area (Å²) in [6.45, 7) is 2.96. The quantitative estimate of drug-likeness (QED) is 0.456. The zero-order chi connectivity index (χ0) is 22.3. The van der Waals surface area contributed by atoms with Gasteiger partial charge in [0.05, 0.1) is 22.6 Å². The van der Waals surface area contributed by atoms with Crippen molar-refractivity contribution in [3.8, 4) is 0 Å². The number of ether oxygens (including phenoxy) is 3. The largest absolute Gasteiger partial charge is 0.460 e. The van der Waals surface area contributed by atoms with Crippen molar-refractivity contribution in [3.05, 3.63) is 51.4 Å². The summed E-state index contributed by atoms with van der Waals surface area (Å²) in [6, 6.07) is 6.73. The third-order valence-electron chi connectivity index (χ3n) is 3.94. The molecular formula is C20H22N2O7S. The number of aryl methyl sites for hydroxylation is 1. The van der Waals surface area contributed by atoms with Crippen LogP contribution >= 0.6 is 11.3 Å². The van der Waals surface area contributed by atoms with Gasteiger partial charge < -0.3 is 25.3 Å². The van der Waals surface area contributed by atoms with Crippen LogP contribution in [-0.4, -0.2) is 50.7 Å². The van der Waals surface area contributed by atoms with E-state index in [2.05, 4.69) is 5.32 Å². The normalized spacial score (nSPS) is 10.4. The van der Waals surface area contributed by atoms with Crippen molar-refractivity contribution in [1.29, 1.82) is 0 Å². The number of methoxy groups -OCH3 is 1. The van der Waals surface area contributed by atoms with Gasteiger partial charge in [-0.25, -0.2) is 9.59 Å². The fourth-order valence-corrected chi connectivity index (χ4v) is 3.58. The molecule has 1 aromatic carbocycles. The van der Waals surface area contributed by atoms with Gasteiger partial charge in [0.25, 0.3) is 11.8 Å². The topological polar surface area (TPSA) is 134 Å². The number of benzene rings is 1. The van der Waals surface area contributed by atoms with Crippen LogP contribution in [0.4, 0.5) is 5.00 Å². The summed E-state index contributed by atoms with van der Waals surface area (Å²) < 4.78 is 14.9. The molecular weight excluding hydrogens is 412 g/mol. The van der Waals surface area contributed by atoms with E-state index >= 15 is 0 Å². The molecule has 0 atom stereocenters. The second-order valence-electron chi connectivity index (χ2n) is 6.25. The highest BCUT2D eigenvalue weighted by Crippen LogP contribution is 2.33. The minimum Gasteiger partial charge on any atom is -0.460 e. The highest BCUT2D eigenvalue weighted by Gasteiger charge is 2.26. The first-order valence-electron chi connectivity index (χ1n) is 8.87. The van der Waals surface area contributed by atoms with Gasteiger partial charge >= 0.3 is 11.9 Å². The van der Waals surface area contributed by atoms with E-state index in [4.69, 9.17) is 19.9 Å². The van der Waals surface area contributed by atoms with Gasteiger partial charge in [0.2, 0.25) is 0 Å². The molecule has 10 heteroatoms. The van der Waals surface area contributed by atoms with Crippen LogP contribution in [0.15, 0.2) is 24.3 Å². The molecule has 9 nitrogen and oxygen atoms in total. The molecule has 3 N–H and O–H groups in total. The molecule has 0 saturated heterocycles. The van der Waals surface area contributed by atoms with Gasteiger partial charge in [-0.15, -0.1) is 11.3 Å². The van der Waals surface area contributed by atoms with Gasteiger partial charge in [0.1, 0.15) is 11.6 Å². The first-order chi connectivity index (χ1) is 14.2. The zero-order valence-corrected chi connectivity index (χ0v) is 17.6. The lowest BCUT2D eigenvalue weighted by Crippen LogP contribution is -2.22. The summed E-state index contributed by atoms with van der Waals surface area (Å²) in [7, 11) is 1.46. The number of nitrogens with two attached hydrogens (primary N) is 1. The number of hydrogen-bond acceptors (Lipinski definition) is 8. The van der Waals surface area contributed by atoms with E-state index in [1.165, 1.54) is 14.0 Å². The molecule has 0 unspecified atom stereocenters. The average molecular weight is 434 g/mol. The first-order valence-corrected chi connectivity index (χ1v) is 9.69. The van der Waals surface area contributed by atoms with Crippen molar-refractivity contribution >= 4 is 40.1 Å². The Morgan fingerprint density at radius 1 is 1.07 bits per heavy atom. The van der Waals surface area contributed by atoms with Gasteiger partial charge in [-0.05, 0) is 31.5 Å². The van der Waals surface area contributed by atoms with E-state index in [9.17, 15) is 19.2 Å². The molecule has 2 amide bonds. The number of carbonyl (C=O) groups is 4. The molecule has 0 aliphatic carbocycles. The van der Waals surface area contributed by atoms with E-state index in [0.717, 1.165) is 16.9 Å². The predicted octanol–water partition coefficient (Wildman–Crippen LogP) is 2.06. The number of carbonyl (C=O) groups excluding carboxylic acids is 4. The van der Waals surface area contributed by atoms with E-state index in [1.807, 2.05) is 13.0 Å². The van der Waals surface area contributed by atoms with Crippen LogP contribution in [0.25, 0.3) is 0 Å². The number of rotatable bonds is 9. The maximum atomic E-state index is 12.4. The Hall–Kier alpha value is -3.24. The van der Waals surface area contributed by atoms with E-state index < -0.39 is 30.4 Å². The van der Waals surface area contributed by atoms with Gasteiger partial charge in [0, 0.05) is 7.11 Å². The minimum atomic E-state index is -0.741. The molecule has 0 aliphatic rings. The molecule has 30 heavy (non-hydrogen) atoms. The van der Waals surface area contributed by atoms with Crippen molar-refractivity contribution in [2.75, 3.05) is 32.2 Å². The van der Waals surface area contributed by atoms with Crippen molar-refractivity contribution in [2.45, 2.75) is 13.8 Å². The molecule has 2 aromatic rings. The second kappa shape index (κ2) is 10.5. The van der Waals surface area contributed by atoms with Crippen LogP contribution < -0.4 is 11.1 Å². The van der Waals surface area contributed by atoms with Gasteiger partial charge in [-0.3, -0.25) is 9.59 Å². The van der Waals surface area contributed by atoms with Crippen LogP contribution in [0.3, 0.4) is 0 Å². The van der Waals surface area contributed by atoms with Crippen LogP contribution in [0.1, 0.15) is 41.5 Å². The average Bonchev–Trinajstić information content (AvgIpc) is 3.02. The van der Waals surface area contributed by atoms with Crippen molar-refractivity contribution in [1.82, 2.24) is 0 Å². The molecule has 1 aromatic heterocycles. The number of anilines is 1. The minimum absolute atomic E-state index is 0.00197. The fraction of sp³-hybridized carbons (Fsp3) is 0.300. The van der Waals surface area contributed by atoms with E-state index in [0.29, 0.717) is 11.1 Å². The standard InChI is InChI=1S/C20H22N2O7S/c1-11-5-4-6-13(9-11)19(25)29-10-14(23)22-18-15(20(26)28-8-7-27-3)12(2)16(30-18)17(21)24/h4-6,9H,7-8,10H2,1-3H3,(H2,21,24)(H,22,23). The Balaban J connectivity index is 2.11. The summed E-state index contributed by atoms with van der Waals surface area (Å²) in [5.74, 6) is -2.82. The molecule has 0 aliphatic heterocycles. The lowest BCUT2D eigenvalue weighted by molar-refractivity contribution is -0.119. The van der Waals surface area contributed by atoms with Crippen molar-refractivity contribution in [2.24, 2.45) is 5.73 Å². The monoisotopic (exact) mass is 434 g/mol. The third-order valence-corrected chi connectivity index (χ3v) is 5.16. The third kappa shape index (κ3) is 5.88. The summed E-state index contributed by atoms with van der Waals surface area (Å²) in [4.78, 5) is 48.5. The molecule has 1 heterocycles. The summed E-state index contributed by atoms with van der Waals surface area (Å²) >= 11 is 0.844. The Bertz CT molecular complexity index is 968. The molecule has 0 radical (unpaired) electrons. The summed E-state index contributed by atoms with van der Waals surface area (Å²) in [5.41, 5.74) is 6.84. The predicted molar refractivity (Wildman–Crippen MR) is 110 cm³/mol. The number of nitrogens with one attached hydrogen (secondary N) is 1. The molecule has 2 rings (SSSR count). The van der Waals surface area contributed by atoms with Crippen LogP contribution in [0.2, 0.25) is 0 Å². The molecule has 160 valence electrons. The maximum absolute atomic E-state index is 12.4. The maximum Gasteiger partial charge on any atom is 0.341 e. The highest BCUT2D eigenvalue weighted by molar-refractivity contribution is 7.18. The van der Waals surface area contributed by atoms with Crippen LogP contribution in [0, 0.1) is 13.8 Å². The van der Waals surface area contributed by atoms with E-state index in [-0.39, 0.29) is 28.7 Å². The first kappa shape index (κ1) is 23.0. The van der Waals surface area contributed by atoms with E-state index in [1.54, 1.807) is 18.2 Å². The van der Waals surface area contributed by atoms with Gasteiger partial charge in [-0.1, -0.05) is 17.7 Å². The number of thiophene rings is 1. The van der Waals surface area contributed by atoms with Crippen molar-refractivity contribution in [3.63, 3.8) is 0 Å². The number of amides is 2. The van der Waals surface area contributed by atoms with Crippen molar-refractivity contribution < 1.29 is 33.4 Å². The number of esters is 2. The number of hydrogen-bond donors (Lipinski definition) is 2. The summed E-state index contributed by atoms with van der Waals surface area (Å²) in [5, 5.41) is 2.56. The Kier molecular flexibility index (Phi) is 8.07.